The SMILES string of the molecule is CCCNC(=O)C(CC)N(Cc1cccc(C)c1)C(=O)CN(c1ccc(Oc2ccccc2)cc1)S(C)(=O)=O. The van der Waals surface area contributed by atoms with Gasteiger partial charge in [-0.1, -0.05) is 61.9 Å². The zero-order valence-corrected chi connectivity index (χ0v) is 23.8. The summed E-state index contributed by atoms with van der Waals surface area (Å²) in [6.07, 6.45) is 2.21. The molecule has 1 N–H and O–H groups in total. The monoisotopic (exact) mass is 551 g/mol. The molecule has 3 aromatic carbocycles. The number of nitrogens with zero attached hydrogens (tertiary/aromatic N) is 2. The smallest absolute Gasteiger partial charge is 0.244 e. The average molecular weight is 552 g/mol. The Morgan fingerprint density at radius 1 is 0.923 bits per heavy atom. The summed E-state index contributed by atoms with van der Waals surface area (Å²) in [5.41, 5.74) is 2.21. The molecule has 0 aliphatic heterocycles. The van der Waals surface area contributed by atoms with Gasteiger partial charge >= 0.3 is 0 Å². The first-order chi connectivity index (χ1) is 18.6. The van der Waals surface area contributed by atoms with Crippen molar-refractivity contribution in [3.05, 3.63) is 90.0 Å². The molecule has 3 rings (SSSR count). The fraction of sp³-hybridized carbons (Fsp3) is 0.333. The number of hydrogen-bond acceptors (Lipinski definition) is 5. The van der Waals surface area contributed by atoms with Gasteiger partial charge in [-0.15, -0.1) is 0 Å². The number of sulfonamides is 1. The highest BCUT2D eigenvalue weighted by molar-refractivity contribution is 7.92. The van der Waals surface area contributed by atoms with E-state index >= 15 is 0 Å². The molecule has 0 bridgehead atoms. The number of para-hydroxylation sites is 1. The van der Waals surface area contributed by atoms with E-state index in [-0.39, 0.29) is 12.5 Å². The van der Waals surface area contributed by atoms with E-state index in [9.17, 15) is 18.0 Å². The minimum Gasteiger partial charge on any atom is -0.457 e. The fourth-order valence-electron chi connectivity index (χ4n) is 4.21. The maximum Gasteiger partial charge on any atom is 0.244 e. The number of rotatable bonds is 13. The molecular formula is C30H37N3O5S. The maximum atomic E-state index is 13.8. The molecule has 2 amide bonds. The first-order valence-electron chi connectivity index (χ1n) is 13.1. The molecule has 0 spiro atoms. The molecule has 0 fully saturated rings. The van der Waals surface area contributed by atoms with Gasteiger partial charge in [0.15, 0.2) is 0 Å². The van der Waals surface area contributed by atoms with Gasteiger partial charge in [-0.25, -0.2) is 8.42 Å². The van der Waals surface area contributed by atoms with Gasteiger partial charge < -0.3 is 15.0 Å². The largest absolute Gasteiger partial charge is 0.457 e. The third kappa shape index (κ3) is 8.58. The lowest BCUT2D eigenvalue weighted by atomic mass is 10.1. The highest BCUT2D eigenvalue weighted by atomic mass is 32.2. The zero-order chi connectivity index (χ0) is 28.4. The van der Waals surface area contributed by atoms with Crippen molar-refractivity contribution in [2.75, 3.05) is 23.7 Å². The van der Waals surface area contributed by atoms with Crippen molar-refractivity contribution >= 4 is 27.5 Å². The number of hydrogen-bond donors (Lipinski definition) is 1. The minimum atomic E-state index is -3.82. The summed E-state index contributed by atoms with van der Waals surface area (Å²) in [6, 6.07) is 22.7. The number of carbonyl (C=O) groups excluding carboxylic acids is 2. The Kier molecular flexibility index (Phi) is 10.5. The lowest BCUT2D eigenvalue weighted by Crippen LogP contribution is -2.52. The van der Waals surface area contributed by atoms with Crippen LogP contribution in [0.1, 0.15) is 37.8 Å². The molecule has 0 aromatic heterocycles. The molecule has 1 unspecified atom stereocenters. The topological polar surface area (TPSA) is 96.0 Å². The molecule has 0 radical (unpaired) electrons. The van der Waals surface area contributed by atoms with Gasteiger partial charge in [0, 0.05) is 13.1 Å². The third-order valence-corrected chi connectivity index (χ3v) is 7.29. The van der Waals surface area contributed by atoms with Crippen LogP contribution in [-0.4, -0.2) is 50.5 Å². The Labute approximate surface area is 231 Å². The Balaban J connectivity index is 1.88. The normalized spacial score (nSPS) is 11.9. The molecular weight excluding hydrogens is 514 g/mol. The van der Waals surface area contributed by atoms with E-state index < -0.39 is 28.5 Å². The van der Waals surface area contributed by atoms with E-state index in [1.54, 1.807) is 24.3 Å². The Hall–Kier alpha value is -3.85. The molecule has 0 saturated heterocycles. The number of anilines is 1. The zero-order valence-electron chi connectivity index (χ0n) is 23.0. The Morgan fingerprint density at radius 3 is 2.18 bits per heavy atom. The van der Waals surface area contributed by atoms with Crippen LogP contribution < -0.4 is 14.4 Å². The minimum absolute atomic E-state index is 0.181. The second-order valence-corrected chi connectivity index (χ2v) is 11.3. The van der Waals surface area contributed by atoms with Crippen molar-refractivity contribution in [1.29, 1.82) is 0 Å². The van der Waals surface area contributed by atoms with Crippen LogP contribution in [0.3, 0.4) is 0 Å². The lowest BCUT2D eigenvalue weighted by molar-refractivity contribution is -0.140. The van der Waals surface area contributed by atoms with Crippen molar-refractivity contribution in [3.8, 4) is 11.5 Å². The quantitative estimate of drug-likeness (QED) is 0.326. The van der Waals surface area contributed by atoms with E-state index in [0.717, 1.165) is 28.1 Å². The highest BCUT2D eigenvalue weighted by Gasteiger charge is 2.31. The van der Waals surface area contributed by atoms with E-state index in [4.69, 9.17) is 4.74 Å². The molecule has 0 aliphatic rings. The number of aryl methyl sites for hydroxylation is 1. The van der Waals surface area contributed by atoms with E-state index in [0.29, 0.717) is 30.2 Å². The van der Waals surface area contributed by atoms with Gasteiger partial charge in [0.25, 0.3) is 0 Å². The van der Waals surface area contributed by atoms with Crippen LogP contribution in [-0.2, 0) is 26.2 Å². The summed E-state index contributed by atoms with van der Waals surface area (Å²) in [7, 11) is -3.82. The molecule has 39 heavy (non-hydrogen) atoms. The molecule has 9 heteroatoms. The first-order valence-corrected chi connectivity index (χ1v) is 14.9. The van der Waals surface area contributed by atoms with Gasteiger partial charge in [0.2, 0.25) is 21.8 Å². The second-order valence-electron chi connectivity index (χ2n) is 9.40. The predicted octanol–water partition coefficient (Wildman–Crippen LogP) is 4.89. The molecule has 0 saturated carbocycles. The summed E-state index contributed by atoms with van der Waals surface area (Å²) >= 11 is 0. The Morgan fingerprint density at radius 2 is 1.59 bits per heavy atom. The van der Waals surface area contributed by atoms with Gasteiger partial charge in [-0.3, -0.25) is 13.9 Å². The van der Waals surface area contributed by atoms with Crippen LogP contribution >= 0.6 is 0 Å². The van der Waals surface area contributed by atoms with Crippen molar-refractivity contribution in [2.45, 2.75) is 46.2 Å². The molecule has 208 valence electrons. The number of nitrogens with one attached hydrogen (secondary N) is 1. The molecule has 1 atom stereocenters. The van der Waals surface area contributed by atoms with Crippen LogP contribution in [0.25, 0.3) is 0 Å². The van der Waals surface area contributed by atoms with E-state index in [1.807, 2.05) is 75.4 Å². The van der Waals surface area contributed by atoms with E-state index in [2.05, 4.69) is 5.32 Å². The average Bonchev–Trinajstić information content (AvgIpc) is 2.91. The molecule has 3 aromatic rings. The summed E-state index contributed by atoms with van der Waals surface area (Å²) in [4.78, 5) is 28.3. The molecule has 0 aliphatic carbocycles. The number of benzene rings is 3. The number of amides is 2. The van der Waals surface area contributed by atoms with Gasteiger partial charge in [-0.2, -0.15) is 0 Å². The van der Waals surface area contributed by atoms with Gasteiger partial charge in [0.1, 0.15) is 24.1 Å². The Bertz CT molecular complexity index is 1340. The summed E-state index contributed by atoms with van der Waals surface area (Å²) in [5, 5.41) is 2.88. The maximum absolute atomic E-state index is 13.8. The van der Waals surface area contributed by atoms with Crippen LogP contribution in [0.2, 0.25) is 0 Å². The number of ether oxygens (including phenoxy) is 1. The van der Waals surface area contributed by atoms with Crippen molar-refractivity contribution in [3.63, 3.8) is 0 Å². The van der Waals surface area contributed by atoms with Crippen LogP contribution in [0.15, 0.2) is 78.9 Å². The van der Waals surface area contributed by atoms with Crippen molar-refractivity contribution in [2.24, 2.45) is 0 Å². The summed E-state index contributed by atoms with van der Waals surface area (Å²) in [6.45, 7) is 5.98. The van der Waals surface area contributed by atoms with E-state index in [1.165, 1.54) is 4.90 Å². The van der Waals surface area contributed by atoms with Gasteiger partial charge in [-0.05, 0) is 61.7 Å². The van der Waals surface area contributed by atoms with Gasteiger partial charge in [0.05, 0.1) is 11.9 Å². The standard InChI is InChI=1S/C30H37N3O5S/c1-5-19-31-30(35)28(6-2)32(21-24-12-10-11-23(3)20-24)29(34)22-33(39(4,36)37)25-15-17-27(18-16-25)38-26-13-8-7-9-14-26/h7-18,20,28H,5-6,19,21-22H2,1-4H3,(H,31,35). The van der Waals surface area contributed by atoms with Crippen LogP contribution in [0.4, 0.5) is 5.69 Å². The molecule has 0 heterocycles. The third-order valence-electron chi connectivity index (χ3n) is 6.15. The first kappa shape index (κ1) is 29.7. The summed E-state index contributed by atoms with van der Waals surface area (Å²) < 4.78 is 32.5. The predicted molar refractivity (Wildman–Crippen MR) is 154 cm³/mol. The fourth-order valence-corrected chi connectivity index (χ4v) is 5.06. The van der Waals surface area contributed by atoms with Crippen molar-refractivity contribution in [1.82, 2.24) is 10.2 Å². The second kappa shape index (κ2) is 13.8. The van der Waals surface area contributed by atoms with Crippen LogP contribution in [0.5, 0.6) is 11.5 Å². The number of carbonyl (C=O) groups is 2. The van der Waals surface area contributed by atoms with Crippen molar-refractivity contribution < 1.29 is 22.7 Å². The molecule has 8 nitrogen and oxygen atoms in total. The summed E-state index contributed by atoms with van der Waals surface area (Å²) in [5.74, 6) is 0.460. The van der Waals surface area contributed by atoms with Crippen LogP contribution in [0, 0.1) is 6.92 Å². The highest BCUT2D eigenvalue weighted by Crippen LogP contribution is 2.26. The lowest BCUT2D eigenvalue weighted by Gasteiger charge is -2.33.